The fourth-order valence-corrected chi connectivity index (χ4v) is 1.66. The van der Waals surface area contributed by atoms with Crippen LogP contribution in [0.25, 0.3) is 0 Å². The molecule has 0 unspecified atom stereocenters. The fourth-order valence-electron chi connectivity index (χ4n) is 1.66. The molecule has 7 nitrogen and oxygen atoms in total. The van der Waals surface area contributed by atoms with Crippen LogP contribution in [0.1, 0.15) is 18.5 Å². The molecule has 0 aromatic heterocycles. The van der Waals surface area contributed by atoms with Crippen LogP contribution in [0, 0.1) is 0 Å². The molecule has 2 amide bonds. The number of carbonyl (C=O) groups excluding carboxylic acids is 3. The minimum atomic E-state index is -0.917. The second-order valence-corrected chi connectivity index (χ2v) is 4.68. The Bertz CT molecular complexity index is 571. The second-order valence-electron chi connectivity index (χ2n) is 4.68. The van der Waals surface area contributed by atoms with Gasteiger partial charge in [0, 0.05) is 5.57 Å². The Morgan fingerprint density at radius 3 is 2.43 bits per heavy atom. The Balaban J connectivity index is 2.50. The first-order chi connectivity index (χ1) is 11.0. The van der Waals surface area contributed by atoms with Crippen LogP contribution in [-0.2, 0) is 19.1 Å². The van der Waals surface area contributed by atoms with Crippen molar-refractivity contribution in [2.24, 2.45) is 0 Å². The molecule has 124 valence electrons. The summed E-state index contributed by atoms with van der Waals surface area (Å²) in [5, 5.41) is 5.00. The van der Waals surface area contributed by atoms with Crippen LogP contribution in [0.4, 0.5) is 4.79 Å². The van der Waals surface area contributed by atoms with E-state index in [4.69, 9.17) is 9.47 Å². The van der Waals surface area contributed by atoms with Crippen molar-refractivity contribution in [3.05, 3.63) is 48.0 Å². The monoisotopic (exact) mass is 320 g/mol. The molecule has 0 saturated carbocycles. The van der Waals surface area contributed by atoms with E-state index in [0.29, 0.717) is 5.56 Å². The predicted molar refractivity (Wildman–Crippen MR) is 83.5 cm³/mol. The normalized spacial score (nSPS) is 11.0. The third-order valence-corrected chi connectivity index (χ3v) is 2.81. The Morgan fingerprint density at radius 1 is 1.22 bits per heavy atom. The average Bonchev–Trinajstić information content (AvgIpc) is 2.56. The number of amides is 2. The molecule has 0 bridgehead atoms. The highest BCUT2D eigenvalue weighted by Crippen LogP contribution is 2.13. The highest BCUT2D eigenvalue weighted by atomic mass is 16.5. The smallest absolute Gasteiger partial charge is 0.333 e. The SMILES string of the molecule is C=C(C)C(=O)OCCNC(=O)N[C@@H](C(=O)OC)c1ccccc1. The van der Waals surface area contributed by atoms with Crippen molar-refractivity contribution in [1.29, 1.82) is 0 Å². The van der Waals surface area contributed by atoms with Gasteiger partial charge in [0.15, 0.2) is 6.04 Å². The van der Waals surface area contributed by atoms with Gasteiger partial charge in [0.2, 0.25) is 0 Å². The van der Waals surface area contributed by atoms with Crippen molar-refractivity contribution in [2.45, 2.75) is 13.0 Å². The van der Waals surface area contributed by atoms with Crippen molar-refractivity contribution in [2.75, 3.05) is 20.3 Å². The zero-order valence-electron chi connectivity index (χ0n) is 13.1. The van der Waals surface area contributed by atoms with Crippen molar-refractivity contribution in [3.8, 4) is 0 Å². The zero-order valence-corrected chi connectivity index (χ0v) is 13.1. The van der Waals surface area contributed by atoms with E-state index < -0.39 is 24.0 Å². The summed E-state index contributed by atoms with van der Waals surface area (Å²) in [6, 6.07) is 7.22. The average molecular weight is 320 g/mol. The number of hydrogen-bond donors (Lipinski definition) is 2. The molecule has 1 aromatic carbocycles. The van der Waals surface area contributed by atoms with Gasteiger partial charge in [-0.15, -0.1) is 0 Å². The summed E-state index contributed by atoms with van der Waals surface area (Å²) in [4.78, 5) is 34.8. The van der Waals surface area contributed by atoms with Gasteiger partial charge in [0.1, 0.15) is 6.61 Å². The van der Waals surface area contributed by atoms with E-state index in [1.54, 1.807) is 30.3 Å². The van der Waals surface area contributed by atoms with Crippen LogP contribution in [0.15, 0.2) is 42.5 Å². The number of urea groups is 1. The lowest BCUT2D eigenvalue weighted by molar-refractivity contribution is -0.143. The number of ether oxygens (including phenoxy) is 2. The standard InChI is InChI=1S/C16H20N2O5/c1-11(2)14(19)23-10-9-17-16(21)18-13(15(20)22-3)12-7-5-4-6-8-12/h4-8,13H,1,9-10H2,2-3H3,(H2,17,18,21)/t13-/m1/s1. The van der Waals surface area contributed by atoms with Crippen LogP contribution >= 0.6 is 0 Å². The van der Waals surface area contributed by atoms with E-state index in [-0.39, 0.29) is 18.7 Å². The summed E-state index contributed by atoms with van der Waals surface area (Å²) in [6.45, 7) is 5.09. The molecule has 23 heavy (non-hydrogen) atoms. The minimum absolute atomic E-state index is 0.00728. The van der Waals surface area contributed by atoms with Gasteiger partial charge in [0.05, 0.1) is 13.7 Å². The molecule has 0 heterocycles. The lowest BCUT2D eigenvalue weighted by Crippen LogP contribution is -2.42. The molecule has 7 heteroatoms. The highest BCUT2D eigenvalue weighted by molar-refractivity contribution is 5.87. The molecule has 1 aromatic rings. The summed E-state index contributed by atoms with van der Waals surface area (Å²) >= 11 is 0. The summed E-state index contributed by atoms with van der Waals surface area (Å²) in [7, 11) is 1.24. The van der Waals surface area contributed by atoms with E-state index in [1.165, 1.54) is 14.0 Å². The first-order valence-corrected chi connectivity index (χ1v) is 6.95. The topological polar surface area (TPSA) is 93.7 Å². The number of rotatable bonds is 7. The molecule has 1 rings (SSSR count). The van der Waals surface area contributed by atoms with Crippen LogP contribution < -0.4 is 10.6 Å². The third kappa shape index (κ3) is 6.21. The van der Waals surface area contributed by atoms with Crippen molar-refractivity contribution in [3.63, 3.8) is 0 Å². The summed E-state index contributed by atoms with van der Waals surface area (Å²) in [6.07, 6.45) is 0. The Labute approximate surface area is 134 Å². The number of methoxy groups -OCH3 is 1. The molecule has 0 saturated heterocycles. The molecule has 0 aliphatic rings. The maximum absolute atomic E-state index is 11.8. The van der Waals surface area contributed by atoms with E-state index in [9.17, 15) is 14.4 Å². The summed E-state index contributed by atoms with van der Waals surface area (Å²) < 4.78 is 9.53. The number of hydrogen-bond acceptors (Lipinski definition) is 5. The highest BCUT2D eigenvalue weighted by Gasteiger charge is 2.23. The molecule has 0 radical (unpaired) electrons. The van der Waals surface area contributed by atoms with E-state index >= 15 is 0 Å². The molecular weight excluding hydrogens is 300 g/mol. The van der Waals surface area contributed by atoms with Crippen LogP contribution in [0.5, 0.6) is 0 Å². The molecule has 0 aliphatic heterocycles. The van der Waals surface area contributed by atoms with Crippen molar-refractivity contribution >= 4 is 18.0 Å². The van der Waals surface area contributed by atoms with Gasteiger partial charge in [-0.3, -0.25) is 0 Å². The Kier molecular flexibility index (Phi) is 7.32. The maximum Gasteiger partial charge on any atom is 0.333 e. The predicted octanol–water partition coefficient (Wildman–Crippen LogP) is 1.32. The minimum Gasteiger partial charge on any atom is -0.467 e. The quantitative estimate of drug-likeness (QED) is 0.449. The molecular formula is C16H20N2O5. The first kappa shape index (κ1) is 18.2. The van der Waals surface area contributed by atoms with Gasteiger partial charge in [-0.25, -0.2) is 14.4 Å². The summed E-state index contributed by atoms with van der Waals surface area (Å²) in [5.74, 6) is -1.11. The zero-order chi connectivity index (χ0) is 17.2. The number of nitrogens with one attached hydrogen (secondary N) is 2. The van der Waals surface area contributed by atoms with E-state index in [2.05, 4.69) is 17.2 Å². The third-order valence-electron chi connectivity index (χ3n) is 2.81. The van der Waals surface area contributed by atoms with E-state index in [0.717, 1.165) is 0 Å². The van der Waals surface area contributed by atoms with Gasteiger partial charge in [-0.1, -0.05) is 36.9 Å². The van der Waals surface area contributed by atoms with Gasteiger partial charge in [0.25, 0.3) is 0 Å². The van der Waals surface area contributed by atoms with Gasteiger partial charge < -0.3 is 20.1 Å². The lowest BCUT2D eigenvalue weighted by atomic mass is 10.1. The van der Waals surface area contributed by atoms with E-state index in [1.807, 2.05) is 0 Å². The van der Waals surface area contributed by atoms with Crippen LogP contribution in [0.3, 0.4) is 0 Å². The summed E-state index contributed by atoms with van der Waals surface area (Å²) in [5.41, 5.74) is 0.882. The molecule has 0 fully saturated rings. The fraction of sp³-hybridized carbons (Fsp3) is 0.312. The number of esters is 2. The first-order valence-electron chi connectivity index (χ1n) is 6.95. The number of benzene rings is 1. The van der Waals surface area contributed by atoms with Gasteiger partial charge in [-0.2, -0.15) is 0 Å². The largest absolute Gasteiger partial charge is 0.467 e. The second kappa shape index (κ2) is 9.24. The van der Waals surface area contributed by atoms with Crippen LogP contribution in [-0.4, -0.2) is 38.2 Å². The van der Waals surface area contributed by atoms with Crippen molar-refractivity contribution in [1.82, 2.24) is 10.6 Å². The van der Waals surface area contributed by atoms with Gasteiger partial charge in [-0.05, 0) is 12.5 Å². The van der Waals surface area contributed by atoms with Crippen LogP contribution in [0.2, 0.25) is 0 Å². The Hall–Kier alpha value is -2.83. The Morgan fingerprint density at radius 2 is 1.87 bits per heavy atom. The van der Waals surface area contributed by atoms with Crippen molar-refractivity contribution < 1.29 is 23.9 Å². The molecule has 0 spiro atoms. The lowest BCUT2D eigenvalue weighted by Gasteiger charge is -2.17. The molecule has 1 atom stereocenters. The number of carbonyl (C=O) groups is 3. The molecule has 0 aliphatic carbocycles. The molecule has 2 N–H and O–H groups in total. The maximum atomic E-state index is 11.8. The van der Waals surface area contributed by atoms with Gasteiger partial charge >= 0.3 is 18.0 Å².